The van der Waals surface area contributed by atoms with Gasteiger partial charge in [-0.3, -0.25) is 9.52 Å². The zero-order valence-electron chi connectivity index (χ0n) is 14.5. The van der Waals surface area contributed by atoms with Gasteiger partial charge in [0.25, 0.3) is 10.0 Å². The summed E-state index contributed by atoms with van der Waals surface area (Å²) in [4.78, 5) is 13.5. The van der Waals surface area contributed by atoms with Crippen LogP contribution in [0.15, 0.2) is 41.3 Å². The summed E-state index contributed by atoms with van der Waals surface area (Å²) in [6, 6.07) is 8.26. The number of hydrogen-bond donors (Lipinski definition) is 1. The van der Waals surface area contributed by atoms with Crippen LogP contribution in [0.25, 0.3) is 0 Å². The Morgan fingerprint density at radius 2 is 1.92 bits per heavy atom. The number of fused-ring (bicyclic) bond motifs is 1. The summed E-state index contributed by atoms with van der Waals surface area (Å²) >= 11 is 5.69. The summed E-state index contributed by atoms with van der Waals surface area (Å²) in [6.07, 6.45) is 0. The Kier molecular flexibility index (Phi) is 4.48. The van der Waals surface area contributed by atoms with Crippen molar-refractivity contribution in [3.63, 3.8) is 0 Å². The van der Waals surface area contributed by atoms with E-state index in [1.54, 1.807) is 11.0 Å². The van der Waals surface area contributed by atoms with Gasteiger partial charge in [0.15, 0.2) is 0 Å². The number of sulfonamides is 1. The minimum atomic E-state index is -3.99. The topological polar surface area (TPSA) is 66.5 Å². The van der Waals surface area contributed by atoms with Crippen molar-refractivity contribution in [2.45, 2.75) is 31.1 Å². The molecule has 26 heavy (non-hydrogen) atoms. The highest BCUT2D eigenvalue weighted by Crippen LogP contribution is 2.41. The van der Waals surface area contributed by atoms with Crippen molar-refractivity contribution in [2.24, 2.45) is 0 Å². The number of halogens is 2. The van der Waals surface area contributed by atoms with Crippen molar-refractivity contribution in [3.05, 3.63) is 52.8 Å². The summed E-state index contributed by atoms with van der Waals surface area (Å²) < 4.78 is 41.5. The van der Waals surface area contributed by atoms with E-state index in [-0.39, 0.29) is 21.5 Å². The predicted octanol–water partition coefficient (Wildman–Crippen LogP) is 3.92. The zero-order chi connectivity index (χ0) is 19.3. The molecule has 0 aromatic heterocycles. The summed E-state index contributed by atoms with van der Waals surface area (Å²) in [5.74, 6) is -0.862. The second-order valence-electron chi connectivity index (χ2n) is 6.90. The fourth-order valence-electron chi connectivity index (χ4n) is 3.08. The van der Waals surface area contributed by atoms with Gasteiger partial charge < -0.3 is 4.90 Å². The SMILES string of the molecule is CC(=O)N1CC(C)(C)c2cc(S(=O)(=O)Nc3ccc(Cl)cc3F)ccc21. The average molecular weight is 397 g/mol. The first-order chi connectivity index (χ1) is 12.0. The van der Waals surface area contributed by atoms with Gasteiger partial charge in [-0.25, -0.2) is 12.8 Å². The summed E-state index contributed by atoms with van der Waals surface area (Å²) in [7, 11) is -3.99. The molecule has 138 valence electrons. The van der Waals surface area contributed by atoms with E-state index in [9.17, 15) is 17.6 Å². The lowest BCUT2D eigenvalue weighted by atomic mass is 9.87. The Morgan fingerprint density at radius 1 is 1.23 bits per heavy atom. The Morgan fingerprint density at radius 3 is 2.54 bits per heavy atom. The number of hydrogen-bond acceptors (Lipinski definition) is 3. The zero-order valence-corrected chi connectivity index (χ0v) is 16.1. The van der Waals surface area contributed by atoms with Crippen LogP contribution in [0, 0.1) is 5.82 Å². The van der Waals surface area contributed by atoms with Crippen LogP contribution in [0.3, 0.4) is 0 Å². The maximum absolute atomic E-state index is 13.9. The van der Waals surface area contributed by atoms with Crippen LogP contribution in [-0.2, 0) is 20.2 Å². The fourth-order valence-corrected chi connectivity index (χ4v) is 4.33. The lowest BCUT2D eigenvalue weighted by molar-refractivity contribution is -0.116. The molecule has 0 saturated carbocycles. The molecule has 0 unspecified atom stereocenters. The highest BCUT2D eigenvalue weighted by Gasteiger charge is 2.37. The molecule has 2 aromatic carbocycles. The van der Waals surface area contributed by atoms with Gasteiger partial charge in [-0.2, -0.15) is 0 Å². The van der Waals surface area contributed by atoms with Crippen LogP contribution < -0.4 is 9.62 Å². The molecule has 0 fully saturated rings. The molecule has 0 bridgehead atoms. The average Bonchev–Trinajstić information content (AvgIpc) is 2.81. The van der Waals surface area contributed by atoms with Gasteiger partial charge in [-0.15, -0.1) is 0 Å². The lowest BCUT2D eigenvalue weighted by Gasteiger charge is -2.19. The van der Waals surface area contributed by atoms with E-state index in [1.807, 2.05) is 13.8 Å². The molecule has 1 amide bonds. The highest BCUT2D eigenvalue weighted by atomic mass is 35.5. The Labute approximate surface area is 156 Å². The summed E-state index contributed by atoms with van der Waals surface area (Å²) in [6.45, 7) is 5.83. The summed E-state index contributed by atoms with van der Waals surface area (Å²) in [5.41, 5.74) is 0.878. The van der Waals surface area contributed by atoms with Gasteiger partial charge in [0.05, 0.1) is 10.6 Å². The maximum atomic E-state index is 13.9. The van der Waals surface area contributed by atoms with Crippen molar-refractivity contribution in [2.75, 3.05) is 16.2 Å². The molecule has 1 N–H and O–H groups in total. The van der Waals surface area contributed by atoms with Crippen molar-refractivity contribution in [3.8, 4) is 0 Å². The molecule has 1 aliphatic heterocycles. The van der Waals surface area contributed by atoms with E-state index in [2.05, 4.69) is 4.72 Å². The van der Waals surface area contributed by atoms with Crippen LogP contribution >= 0.6 is 11.6 Å². The number of carbonyl (C=O) groups is 1. The van der Waals surface area contributed by atoms with Gasteiger partial charge in [0.1, 0.15) is 5.82 Å². The van der Waals surface area contributed by atoms with Crippen molar-refractivity contribution in [1.82, 2.24) is 0 Å². The molecule has 1 aliphatic rings. The highest BCUT2D eigenvalue weighted by molar-refractivity contribution is 7.92. The molecular weight excluding hydrogens is 379 g/mol. The third-order valence-electron chi connectivity index (χ3n) is 4.41. The van der Waals surface area contributed by atoms with Gasteiger partial charge in [-0.1, -0.05) is 25.4 Å². The van der Waals surface area contributed by atoms with E-state index < -0.39 is 21.3 Å². The second-order valence-corrected chi connectivity index (χ2v) is 9.02. The second kappa shape index (κ2) is 6.25. The van der Waals surface area contributed by atoms with Gasteiger partial charge in [0, 0.05) is 29.6 Å². The Bertz CT molecular complexity index is 1010. The lowest BCUT2D eigenvalue weighted by Crippen LogP contribution is -2.31. The van der Waals surface area contributed by atoms with Crippen LogP contribution in [0.4, 0.5) is 15.8 Å². The fraction of sp³-hybridized carbons (Fsp3) is 0.278. The monoisotopic (exact) mass is 396 g/mol. The molecule has 8 heteroatoms. The van der Waals surface area contributed by atoms with E-state index in [4.69, 9.17) is 11.6 Å². The minimum Gasteiger partial charge on any atom is -0.311 e. The van der Waals surface area contributed by atoms with Gasteiger partial charge >= 0.3 is 0 Å². The molecule has 1 heterocycles. The van der Waals surface area contributed by atoms with Crippen molar-refractivity contribution in [1.29, 1.82) is 0 Å². The number of nitrogens with zero attached hydrogens (tertiary/aromatic N) is 1. The first-order valence-corrected chi connectivity index (χ1v) is 9.78. The molecule has 2 aromatic rings. The normalized spacial score (nSPS) is 15.7. The van der Waals surface area contributed by atoms with Crippen molar-refractivity contribution >= 4 is 38.9 Å². The van der Waals surface area contributed by atoms with E-state index in [1.165, 1.54) is 31.2 Å². The van der Waals surface area contributed by atoms with Crippen molar-refractivity contribution < 1.29 is 17.6 Å². The number of carbonyl (C=O) groups excluding carboxylic acids is 1. The smallest absolute Gasteiger partial charge is 0.261 e. The largest absolute Gasteiger partial charge is 0.311 e. The van der Waals surface area contributed by atoms with Gasteiger partial charge in [0.2, 0.25) is 5.91 Å². The quantitative estimate of drug-likeness (QED) is 0.854. The molecule has 0 radical (unpaired) electrons. The number of anilines is 2. The van der Waals surface area contributed by atoms with Gasteiger partial charge in [-0.05, 0) is 42.0 Å². The molecule has 5 nitrogen and oxygen atoms in total. The molecule has 0 aliphatic carbocycles. The third kappa shape index (κ3) is 3.29. The third-order valence-corrected chi connectivity index (χ3v) is 6.01. The predicted molar refractivity (Wildman–Crippen MR) is 99.7 cm³/mol. The standard InChI is InChI=1S/C18H18ClFN2O3S/c1-11(23)22-10-18(2,3)14-9-13(5-7-17(14)22)26(24,25)21-16-6-4-12(19)8-15(16)20/h4-9,21H,10H2,1-3H3. The molecule has 0 atom stereocenters. The Hall–Kier alpha value is -2.12. The van der Waals surface area contributed by atoms with Crippen LogP contribution in [0.1, 0.15) is 26.3 Å². The molecule has 3 rings (SSSR count). The molecule has 0 saturated heterocycles. The number of benzene rings is 2. The van der Waals surface area contributed by atoms with Crippen LogP contribution in [-0.4, -0.2) is 20.9 Å². The minimum absolute atomic E-state index is 0.00378. The molecule has 0 spiro atoms. The molecular formula is C18H18ClFN2O3S. The van der Waals surface area contributed by atoms with E-state index in [0.717, 1.165) is 11.6 Å². The summed E-state index contributed by atoms with van der Waals surface area (Å²) in [5, 5.41) is 0.175. The first kappa shape index (κ1) is 18.7. The van der Waals surface area contributed by atoms with E-state index in [0.29, 0.717) is 12.2 Å². The number of amides is 1. The van der Waals surface area contributed by atoms with E-state index >= 15 is 0 Å². The first-order valence-electron chi connectivity index (χ1n) is 7.92. The van der Waals surface area contributed by atoms with Crippen LogP contribution in [0.5, 0.6) is 0 Å². The van der Waals surface area contributed by atoms with Crippen LogP contribution in [0.2, 0.25) is 5.02 Å². The number of rotatable bonds is 3. The maximum Gasteiger partial charge on any atom is 0.261 e. The Balaban J connectivity index is 2.01. The number of nitrogens with one attached hydrogen (secondary N) is 1.